The Morgan fingerprint density at radius 2 is 1.75 bits per heavy atom. The van der Waals surface area contributed by atoms with Crippen LogP contribution < -0.4 is 5.32 Å². The monoisotopic (exact) mass is 547 g/mol. The number of amides is 1. The van der Waals surface area contributed by atoms with E-state index in [4.69, 9.17) is 14.8 Å². The van der Waals surface area contributed by atoms with Gasteiger partial charge in [-0.25, -0.2) is 9.67 Å². The van der Waals surface area contributed by atoms with Crippen LogP contribution in [0, 0.1) is 0 Å². The summed E-state index contributed by atoms with van der Waals surface area (Å²) in [6.45, 7) is 9.70. The summed E-state index contributed by atoms with van der Waals surface area (Å²) >= 11 is 0. The van der Waals surface area contributed by atoms with Gasteiger partial charge in [-0.1, -0.05) is 68.2 Å². The van der Waals surface area contributed by atoms with E-state index in [2.05, 4.69) is 60.3 Å². The predicted molar refractivity (Wildman–Crippen MR) is 166 cm³/mol. The summed E-state index contributed by atoms with van der Waals surface area (Å²) in [4.78, 5) is 20.1. The predicted octanol–water partition coefficient (Wildman–Crippen LogP) is 7.67. The van der Waals surface area contributed by atoms with Crippen molar-refractivity contribution in [3.05, 3.63) is 78.9 Å². The van der Waals surface area contributed by atoms with Crippen molar-refractivity contribution in [2.24, 2.45) is 0 Å². The molecule has 6 aromatic rings. The third kappa shape index (κ3) is 5.15. The molecule has 1 amide bonds. The van der Waals surface area contributed by atoms with Crippen molar-refractivity contribution in [3.63, 3.8) is 0 Å². The number of nitrogens with one attached hydrogen (secondary N) is 2. The van der Waals surface area contributed by atoms with Gasteiger partial charge in [-0.05, 0) is 52.9 Å². The van der Waals surface area contributed by atoms with Gasteiger partial charge in [0.2, 0.25) is 5.91 Å². The van der Waals surface area contributed by atoms with Gasteiger partial charge in [0.05, 0.1) is 16.6 Å². The normalized spacial score (nSPS) is 12.0. The number of nitrogens with zero attached hydrogens (tertiary/aromatic N) is 3. The number of imidazole rings is 1. The topological polar surface area (TPSA) is 84.8 Å². The lowest BCUT2D eigenvalue weighted by Crippen LogP contribution is -2.22. The first-order valence-corrected chi connectivity index (χ1v) is 17.3. The van der Waals surface area contributed by atoms with Crippen LogP contribution in [0.1, 0.15) is 6.92 Å². The van der Waals surface area contributed by atoms with Crippen molar-refractivity contribution in [1.82, 2.24) is 19.7 Å². The minimum atomic E-state index is -1.19. The zero-order valence-electron chi connectivity index (χ0n) is 23.3. The summed E-state index contributed by atoms with van der Waals surface area (Å²) in [7, 11) is -1.19. The highest BCUT2D eigenvalue weighted by Crippen LogP contribution is 2.36. The second-order valence-corrected chi connectivity index (χ2v) is 17.0. The summed E-state index contributed by atoms with van der Waals surface area (Å²) in [6.07, 6.45) is 0. The molecule has 6 rings (SSSR count). The van der Waals surface area contributed by atoms with Crippen molar-refractivity contribution in [2.75, 3.05) is 11.9 Å². The Kier molecular flexibility index (Phi) is 6.73. The van der Waals surface area contributed by atoms with Gasteiger partial charge in [-0.15, -0.1) is 0 Å². The number of carbonyl (C=O) groups excluding carboxylic acids is 1. The summed E-state index contributed by atoms with van der Waals surface area (Å²) in [5, 5.41) is 11.0. The van der Waals surface area contributed by atoms with Crippen molar-refractivity contribution in [1.29, 1.82) is 0 Å². The molecule has 2 N–H and O–H groups in total. The Morgan fingerprint density at radius 3 is 2.55 bits per heavy atom. The van der Waals surface area contributed by atoms with E-state index in [-0.39, 0.29) is 5.91 Å². The highest BCUT2D eigenvalue weighted by atomic mass is 28.3. The SMILES string of the molecule is CC(=O)Nc1cccc2c(-c3ccc4c(c3)c(-c3nc5ccccc5[nH]3)nn4COCC[Si](C)(C)C)cccc12. The molecule has 0 radical (unpaired) electrons. The molecule has 0 fully saturated rings. The van der Waals surface area contributed by atoms with Gasteiger partial charge in [-0.3, -0.25) is 4.79 Å². The van der Waals surface area contributed by atoms with Crippen LogP contribution in [-0.4, -0.2) is 40.3 Å². The number of rotatable bonds is 8. The third-order valence-electron chi connectivity index (χ3n) is 7.12. The average molecular weight is 548 g/mol. The molecule has 0 aliphatic carbocycles. The van der Waals surface area contributed by atoms with Crippen molar-refractivity contribution < 1.29 is 9.53 Å². The highest BCUT2D eigenvalue weighted by Gasteiger charge is 2.18. The minimum Gasteiger partial charge on any atom is -0.360 e. The van der Waals surface area contributed by atoms with Crippen LogP contribution in [0.25, 0.3) is 55.4 Å². The second-order valence-electron chi connectivity index (χ2n) is 11.4. The fourth-order valence-electron chi connectivity index (χ4n) is 5.07. The third-order valence-corrected chi connectivity index (χ3v) is 8.82. The van der Waals surface area contributed by atoms with Gasteiger partial charge in [0.1, 0.15) is 12.4 Å². The molecule has 0 saturated carbocycles. The number of H-pyrrole nitrogens is 1. The van der Waals surface area contributed by atoms with E-state index in [1.807, 2.05) is 53.2 Å². The Bertz CT molecular complexity index is 1830. The Hall–Kier alpha value is -4.27. The standard InChI is InChI=1S/C32H33N5O2Si/c1-21(38)33-27-14-8-10-24-23(9-7-11-25(24)27)22-15-16-30-26(19-22)31(32-34-28-12-5-6-13-29(28)35-32)36-37(30)20-39-17-18-40(2,3)4/h5-16,19H,17-18,20H2,1-4H3,(H,33,38)(H,34,35). The van der Waals surface area contributed by atoms with Gasteiger partial charge >= 0.3 is 0 Å². The average Bonchev–Trinajstić information content (AvgIpc) is 3.51. The molecule has 202 valence electrons. The first kappa shape index (κ1) is 26.0. The summed E-state index contributed by atoms with van der Waals surface area (Å²) < 4.78 is 8.03. The lowest BCUT2D eigenvalue weighted by molar-refractivity contribution is -0.114. The summed E-state index contributed by atoms with van der Waals surface area (Å²) in [5.74, 6) is 0.643. The second kappa shape index (κ2) is 10.4. The van der Waals surface area contributed by atoms with Crippen molar-refractivity contribution in [2.45, 2.75) is 39.3 Å². The molecule has 40 heavy (non-hydrogen) atoms. The van der Waals surface area contributed by atoms with Gasteiger partial charge in [0.25, 0.3) is 0 Å². The molecule has 2 aromatic heterocycles. The van der Waals surface area contributed by atoms with Crippen LogP contribution in [0.2, 0.25) is 25.7 Å². The summed E-state index contributed by atoms with van der Waals surface area (Å²) in [6, 6.07) is 27.7. The Labute approximate surface area is 234 Å². The fourth-order valence-corrected chi connectivity index (χ4v) is 5.83. The van der Waals surface area contributed by atoms with Gasteiger partial charge in [0.15, 0.2) is 5.82 Å². The van der Waals surface area contributed by atoms with Crippen LogP contribution >= 0.6 is 0 Å². The molecule has 7 nitrogen and oxygen atoms in total. The number of hydrogen-bond donors (Lipinski definition) is 2. The van der Waals surface area contributed by atoms with Gasteiger partial charge in [-0.2, -0.15) is 5.10 Å². The number of benzene rings is 4. The number of para-hydroxylation sites is 2. The van der Waals surface area contributed by atoms with E-state index in [9.17, 15) is 4.79 Å². The maximum Gasteiger partial charge on any atom is 0.221 e. The molecule has 4 aromatic carbocycles. The Balaban J connectivity index is 1.46. The lowest BCUT2D eigenvalue weighted by atomic mass is 9.96. The largest absolute Gasteiger partial charge is 0.360 e. The zero-order valence-corrected chi connectivity index (χ0v) is 24.3. The van der Waals surface area contributed by atoms with Gasteiger partial charge in [0, 0.05) is 38.1 Å². The number of anilines is 1. The van der Waals surface area contributed by atoms with Crippen molar-refractivity contribution in [3.8, 4) is 22.6 Å². The molecule has 0 unspecified atom stereocenters. The number of ether oxygens (including phenoxy) is 1. The van der Waals surface area contributed by atoms with Crippen LogP contribution in [0.5, 0.6) is 0 Å². The number of aromatic nitrogens is 4. The smallest absolute Gasteiger partial charge is 0.221 e. The van der Waals surface area contributed by atoms with Crippen LogP contribution in [0.4, 0.5) is 5.69 Å². The lowest BCUT2D eigenvalue weighted by Gasteiger charge is -2.15. The first-order valence-electron chi connectivity index (χ1n) is 13.6. The molecule has 2 heterocycles. The van der Waals surface area contributed by atoms with Crippen LogP contribution in [0.15, 0.2) is 78.9 Å². The maximum atomic E-state index is 11.8. The highest BCUT2D eigenvalue weighted by molar-refractivity contribution is 6.76. The number of fused-ring (bicyclic) bond motifs is 3. The zero-order chi connectivity index (χ0) is 27.9. The molecule has 0 saturated heterocycles. The van der Waals surface area contributed by atoms with E-state index >= 15 is 0 Å². The number of hydrogen-bond acceptors (Lipinski definition) is 4. The maximum absolute atomic E-state index is 11.8. The van der Waals surface area contributed by atoms with Crippen LogP contribution in [-0.2, 0) is 16.3 Å². The summed E-state index contributed by atoms with van der Waals surface area (Å²) in [5.41, 5.74) is 6.62. The minimum absolute atomic E-state index is 0.0886. The molecule has 0 aliphatic heterocycles. The molecule has 0 atom stereocenters. The quantitative estimate of drug-likeness (QED) is 0.151. The van der Waals surface area contributed by atoms with Crippen LogP contribution in [0.3, 0.4) is 0 Å². The van der Waals surface area contributed by atoms with E-state index in [0.29, 0.717) is 6.73 Å². The number of carbonyl (C=O) groups is 1. The molecule has 0 bridgehead atoms. The first-order chi connectivity index (χ1) is 19.3. The molecular weight excluding hydrogens is 514 g/mol. The van der Waals surface area contributed by atoms with E-state index < -0.39 is 8.07 Å². The molecule has 0 aliphatic rings. The van der Waals surface area contributed by atoms with E-state index in [0.717, 1.165) is 73.7 Å². The van der Waals surface area contributed by atoms with Gasteiger partial charge < -0.3 is 15.0 Å². The van der Waals surface area contributed by atoms with Crippen molar-refractivity contribution >= 4 is 52.4 Å². The van der Waals surface area contributed by atoms with E-state index in [1.165, 1.54) is 6.92 Å². The molecular formula is C32H33N5O2Si. The van der Waals surface area contributed by atoms with E-state index in [1.54, 1.807) is 0 Å². The molecule has 0 spiro atoms. The molecule has 8 heteroatoms. The fraction of sp³-hybridized carbons (Fsp3) is 0.219. The Morgan fingerprint density at radius 1 is 0.950 bits per heavy atom. The number of aromatic amines is 1.